The van der Waals surface area contributed by atoms with E-state index in [1.165, 1.54) is 12.0 Å². The second kappa shape index (κ2) is 42.9. The molecule has 8 rings (SSSR count). The lowest BCUT2D eigenvalue weighted by molar-refractivity contribution is -0.147. The molecule has 1 aromatic heterocycles. The Morgan fingerprint density at radius 2 is 0.860 bits per heavy atom. The molecule has 7 fully saturated rings. The number of carbonyl (C=O) groups excluding carboxylic acids is 9. The van der Waals surface area contributed by atoms with E-state index in [-0.39, 0.29) is 160 Å². The summed E-state index contributed by atoms with van der Waals surface area (Å²) in [7, 11) is 3.13. The van der Waals surface area contributed by atoms with Crippen LogP contribution in [0.5, 0.6) is 0 Å². The maximum atomic E-state index is 14.3. The van der Waals surface area contributed by atoms with E-state index < -0.39 is 29.6 Å². The van der Waals surface area contributed by atoms with Crippen molar-refractivity contribution in [1.29, 1.82) is 0 Å². The van der Waals surface area contributed by atoms with Crippen LogP contribution in [0.3, 0.4) is 0 Å². The van der Waals surface area contributed by atoms with Crippen LogP contribution in [0.15, 0.2) is 24.5 Å². The van der Waals surface area contributed by atoms with Gasteiger partial charge in [0.2, 0.25) is 47.3 Å². The zero-order valence-electron chi connectivity index (χ0n) is 59.3. The molecule has 100 heavy (non-hydrogen) atoms. The molecule has 7 N–H and O–H groups in total. The third-order valence-electron chi connectivity index (χ3n) is 21.3. The predicted molar refractivity (Wildman–Crippen MR) is 366 cm³/mol. The fourth-order valence-electron chi connectivity index (χ4n) is 15.5. The van der Waals surface area contributed by atoms with E-state index in [9.17, 15) is 53.1 Å². The summed E-state index contributed by atoms with van der Waals surface area (Å²) in [4.78, 5) is 135. The molecule has 8 amide bonds. The predicted octanol–water partition coefficient (Wildman–Crippen LogP) is 5.43. The van der Waals surface area contributed by atoms with Crippen molar-refractivity contribution in [1.82, 2.24) is 46.7 Å². The molecule has 0 aromatic carbocycles. The van der Waals surface area contributed by atoms with Crippen molar-refractivity contribution in [3.05, 3.63) is 30.1 Å². The van der Waals surface area contributed by atoms with Gasteiger partial charge in [-0.2, -0.15) is 0 Å². The Morgan fingerprint density at radius 1 is 0.490 bits per heavy atom. The van der Waals surface area contributed by atoms with Gasteiger partial charge < -0.3 is 80.0 Å². The highest BCUT2D eigenvalue weighted by molar-refractivity contribution is 5.91. The molecule has 0 unspecified atom stereocenters. The Balaban J connectivity index is 0.681. The summed E-state index contributed by atoms with van der Waals surface area (Å²) >= 11 is 0. The quantitative estimate of drug-likeness (QED) is 0.0319. The molecule has 0 bridgehead atoms. The number of carboxylic acid groups (broad SMARTS) is 1. The number of aromatic nitrogens is 1. The third kappa shape index (κ3) is 27.4. The van der Waals surface area contributed by atoms with E-state index in [0.717, 1.165) is 108 Å². The Morgan fingerprint density at radius 3 is 1.23 bits per heavy atom. The van der Waals surface area contributed by atoms with E-state index in [2.05, 4.69) is 36.9 Å². The number of amides is 8. The number of carbonyl (C=O) groups is 10. The van der Waals surface area contributed by atoms with Gasteiger partial charge in [0.05, 0.1) is 87.3 Å². The van der Waals surface area contributed by atoms with E-state index in [4.69, 9.17) is 33.2 Å². The summed E-state index contributed by atoms with van der Waals surface area (Å²) in [5, 5.41) is 27.3. The molecule has 560 valence electrons. The Bertz CT molecular complexity index is 2720. The minimum atomic E-state index is -0.765. The van der Waals surface area contributed by atoms with E-state index in [0.29, 0.717) is 123 Å². The van der Waals surface area contributed by atoms with Crippen LogP contribution in [0, 0.1) is 23.7 Å². The molecule has 0 spiro atoms. The first-order valence-electron chi connectivity index (χ1n) is 37.6. The third-order valence-corrected chi connectivity index (χ3v) is 21.3. The van der Waals surface area contributed by atoms with Crippen molar-refractivity contribution in [2.24, 2.45) is 23.7 Å². The summed E-state index contributed by atoms with van der Waals surface area (Å²) in [5.41, 5.74) is 0.831. The maximum Gasteiger partial charge on any atom is 0.308 e. The SMILES string of the molecule is COC(=O)C1CCC(NC(=O)CCCOC2CCC(OCCNC(=O)CN(CC(=O)NCCOC3CCC(OCCCC(=O)NC4CCC(C(=O)O)CC4)CC3)C(=O)C3CCC(NC(=O)CCCOC4CCC(OCCNC(=O)[C@H]5CC(=O)N(C)[C@@H]5c5cccnc5)CC4)CC3)CC2)CC1. The maximum absolute atomic E-state index is 14.3. The minimum absolute atomic E-state index is 0.00134. The van der Waals surface area contributed by atoms with Gasteiger partial charge in [-0.25, -0.2) is 0 Å². The molecular formula is C73H115N9O18. The first kappa shape index (κ1) is 79.3. The number of pyridine rings is 1. The van der Waals surface area contributed by atoms with Gasteiger partial charge >= 0.3 is 11.9 Å². The van der Waals surface area contributed by atoms with Crippen LogP contribution >= 0.6 is 0 Å². The van der Waals surface area contributed by atoms with Gasteiger partial charge in [-0.15, -0.1) is 0 Å². The van der Waals surface area contributed by atoms with Crippen molar-refractivity contribution >= 4 is 59.2 Å². The standard InChI is InChI=1S/C73H115N9O18/c1-81-68(88)45-62(69(81)52-7-3-35-74-46-52)70(89)77-38-44-100-61-33-27-58(28-34-61)97-39-4-8-63(83)78-53-17-11-49(12-18-53)71(90)82(47-66(86)75-36-42-98-59-29-23-56(24-30-59)95-40-5-9-64(84)79-54-19-13-50(14-20-54)72(91)92)48-67(87)76-37-43-99-60-31-25-57(26-32-60)96-41-6-10-65(85)80-55-21-15-51(16-22-55)73(93)94-2/h3,7,35,46,49-51,53-62,69H,4-6,8-34,36-45,47-48H2,1-2H3,(H,75,86)(H,76,87)(H,77,89)(H,78,83)(H,79,84)(H,80,85)(H,91,92)/t49?,50?,51?,53?,54?,55?,56?,57?,58?,59?,60?,61?,62-,69+/m0/s1. The molecule has 6 saturated carbocycles. The smallest absolute Gasteiger partial charge is 0.308 e. The number of likely N-dealkylation sites (tertiary alicyclic amines) is 1. The van der Waals surface area contributed by atoms with Crippen molar-refractivity contribution in [3.63, 3.8) is 0 Å². The highest BCUT2D eigenvalue weighted by Gasteiger charge is 2.43. The van der Waals surface area contributed by atoms with Gasteiger partial charge in [0, 0.05) is 109 Å². The number of nitrogens with zero attached hydrogens (tertiary/aromatic N) is 3. The number of hydrogen-bond acceptors (Lipinski definition) is 18. The molecule has 1 aromatic rings. The van der Waals surface area contributed by atoms with Crippen molar-refractivity contribution in [3.8, 4) is 0 Å². The van der Waals surface area contributed by atoms with Crippen LogP contribution in [0.4, 0.5) is 0 Å². The Kier molecular flexibility index (Phi) is 34.0. The number of nitrogens with one attached hydrogen (secondary N) is 6. The highest BCUT2D eigenvalue weighted by atomic mass is 16.5. The van der Waals surface area contributed by atoms with Gasteiger partial charge in [-0.1, -0.05) is 6.07 Å². The van der Waals surface area contributed by atoms with Crippen molar-refractivity contribution < 1.29 is 86.2 Å². The van der Waals surface area contributed by atoms with Gasteiger partial charge in [0.1, 0.15) is 13.1 Å². The summed E-state index contributed by atoms with van der Waals surface area (Å²) in [6, 6.07) is 3.33. The molecular weight excluding hydrogens is 1290 g/mol. The number of esters is 1. The second-order valence-electron chi connectivity index (χ2n) is 28.7. The number of ether oxygens (including phenoxy) is 7. The molecule has 7 aliphatic rings. The van der Waals surface area contributed by atoms with Gasteiger partial charge in [0.15, 0.2) is 0 Å². The van der Waals surface area contributed by atoms with Gasteiger partial charge in [-0.3, -0.25) is 52.9 Å². The van der Waals surface area contributed by atoms with E-state index in [1.807, 2.05) is 6.07 Å². The zero-order valence-corrected chi connectivity index (χ0v) is 59.3. The molecule has 1 aliphatic heterocycles. The molecule has 27 heteroatoms. The van der Waals surface area contributed by atoms with Crippen LogP contribution in [0.1, 0.15) is 211 Å². The molecule has 1 saturated heterocycles. The topological polar surface area (TPSA) is 347 Å². The normalized spacial score (nSPS) is 27.8. The monoisotopic (exact) mass is 1410 g/mol. The lowest BCUT2D eigenvalue weighted by Crippen LogP contribution is -2.49. The summed E-state index contributed by atoms with van der Waals surface area (Å²) in [6.07, 6.45) is 24.1. The first-order valence-corrected chi connectivity index (χ1v) is 37.6. The van der Waals surface area contributed by atoms with Crippen molar-refractivity contribution in [2.45, 2.75) is 260 Å². The Labute approximate surface area is 589 Å². The Hall–Kier alpha value is -6.39. The van der Waals surface area contributed by atoms with Crippen LogP contribution < -0.4 is 31.9 Å². The lowest BCUT2D eigenvalue weighted by atomic mass is 9.85. The van der Waals surface area contributed by atoms with E-state index in [1.54, 1.807) is 30.4 Å². The van der Waals surface area contributed by atoms with Gasteiger partial charge in [0.25, 0.3) is 0 Å². The van der Waals surface area contributed by atoms with Crippen LogP contribution in [0.2, 0.25) is 0 Å². The van der Waals surface area contributed by atoms with Crippen LogP contribution in [-0.2, 0) is 81.1 Å². The average Bonchev–Trinajstić information content (AvgIpc) is 1.65. The number of aliphatic carboxylic acids is 1. The number of methoxy groups -OCH3 is 1. The highest BCUT2D eigenvalue weighted by Crippen LogP contribution is 2.37. The number of rotatable bonds is 39. The lowest BCUT2D eigenvalue weighted by Gasteiger charge is -2.32. The molecule has 2 heterocycles. The largest absolute Gasteiger partial charge is 0.481 e. The zero-order chi connectivity index (χ0) is 71.0. The summed E-state index contributed by atoms with van der Waals surface area (Å²) in [6.45, 7) is 2.51. The molecule has 2 atom stereocenters. The molecule has 6 aliphatic carbocycles. The molecule has 0 radical (unpaired) electrons. The number of hydrogen-bond donors (Lipinski definition) is 7. The summed E-state index contributed by atoms with van der Waals surface area (Å²) < 4.78 is 41.7. The second-order valence-corrected chi connectivity index (χ2v) is 28.7. The first-order chi connectivity index (χ1) is 48.5. The minimum Gasteiger partial charge on any atom is -0.481 e. The van der Waals surface area contributed by atoms with E-state index >= 15 is 0 Å². The number of carboxylic acids is 1. The van der Waals surface area contributed by atoms with Crippen molar-refractivity contribution in [2.75, 3.05) is 86.5 Å². The fraction of sp³-hybridized carbons (Fsp3) is 0.795. The molecule has 27 nitrogen and oxygen atoms in total. The fourth-order valence-corrected chi connectivity index (χ4v) is 15.5. The van der Waals surface area contributed by atoms with Crippen LogP contribution in [-0.4, -0.2) is 220 Å². The average molecular weight is 1410 g/mol. The summed E-state index contributed by atoms with van der Waals surface area (Å²) in [5.74, 6) is -3.74. The van der Waals surface area contributed by atoms with Gasteiger partial charge in [-0.05, 0) is 185 Å². The van der Waals surface area contributed by atoms with Crippen LogP contribution in [0.25, 0.3) is 0 Å².